The first kappa shape index (κ1) is 26.5. The second-order valence-corrected chi connectivity index (χ2v) is 9.86. The Bertz CT molecular complexity index is 1100. The van der Waals surface area contributed by atoms with E-state index in [2.05, 4.69) is 18.7 Å². The van der Waals surface area contributed by atoms with E-state index >= 15 is 0 Å². The molecule has 2 aromatic carbocycles. The molecule has 182 valence electrons. The van der Waals surface area contributed by atoms with Crippen molar-refractivity contribution in [1.82, 2.24) is 9.88 Å². The van der Waals surface area contributed by atoms with Crippen LogP contribution in [0.4, 0.5) is 0 Å². The molecule has 1 aromatic heterocycles. The third kappa shape index (κ3) is 6.52. The molecule has 3 nitrogen and oxygen atoms in total. The van der Waals surface area contributed by atoms with Crippen molar-refractivity contribution in [3.05, 3.63) is 63.6 Å². The number of para-hydroxylation sites is 1. The van der Waals surface area contributed by atoms with Gasteiger partial charge in [-0.2, -0.15) is 0 Å². The van der Waals surface area contributed by atoms with E-state index in [0.29, 0.717) is 10.0 Å². The van der Waals surface area contributed by atoms with Crippen molar-refractivity contribution in [2.45, 2.75) is 72.1 Å². The minimum Gasteiger partial charge on any atom is -0.339 e. The second kappa shape index (κ2) is 13.1. The molecule has 0 radical (unpaired) electrons. The van der Waals surface area contributed by atoms with Crippen molar-refractivity contribution in [3.63, 3.8) is 0 Å². The van der Waals surface area contributed by atoms with E-state index in [9.17, 15) is 4.79 Å². The minimum absolute atomic E-state index is 0.0930. The summed E-state index contributed by atoms with van der Waals surface area (Å²) in [5.41, 5.74) is 3.92. The van der Waals surface area contributed by atoms with Crippen LogP contribution in [-0.2, 0) is 0 Å². The van der Waals surface area contributed by atoms with Gasteiger partial charge in [-0.1, -0.05) is 93.8 Å². The normalized spacial score (nSPS) is 11.2. The van der Waals surface area contributed by atoms with Gasteiger partial charge in [-0.15, -0.1) is 0 Å². The molecular formula is C29H36Cl2N2O. The van der Waals surface area contributed by atoms with Crippen molar-refractivity contribution in [3.8, 4) is 11.3 Å². The summed E-state index contributed by atoms with van der Waals surface area (Å²) in [5.74, 6) is 0.0930. The predicted molar refractivity (Wildman–Crippen MR) is 146 cm³/mol. The number of hydrogen-bond acceptors (Lipinski definition) is 2. The van der Waals surface area contributed by atoms with Crippen molar-refractivity contribution in [1.29, 1.82) is 0 Å². The molecule has 3 rings (SSSR count). The third-order valence-corrected chi connectivity index (χ3v) is 6.93. The highest BCUT2D eigenvalue weighted by Crippen LogP contribution is 2.35. The van der Waals surface area contributed by atoms with Crippen molar-refractivity contribution in [2.24, 2.45) is 0 Å². The SMILES string of the molecule is CCCCCCN(CCCCCC)C(=O)c1c(C)c(-c2ccc(Cl)cc2Cl)nc2ccccc12. The van der Waals surface area contributed by atoms with Crippen LogP contribution < -0.4 is 0 Å². The molecule has 1 amide bonds. The van der Waals surface area contributed by atoms with Crippen LogP contribution in [0.15, 0.2) is 42.5 Å². The van der Waals surface area contributed by atoms with Crippen LogP contribution in [0, 0.1) is 6.92 Å². The third-order valence-electron chi connectivity index (χ3n) is 6.39. The molecule has 0 unspecified atom stereocenters. The molecule has 0 N–H and O–H groups in total. The van der Waals surface area contributed by atoms with Gasteiger partial charge in [0.1, 0.15) is 0 Å². The standard InChI is InChI=1S/C29H36Cl2N2O/c1-4-6-8-12-18-33(19-13-9-7-5-2)29(34)27-21(3)28(23-17-16-22(30)20-25(23)31)32-26-15-11-10-14-24(26)27/h10-11,14-17,20H,4-9,12-13,18-19H2,1-3H3. The number of rotatable bonds is 12. The molecular weight excluding hydrogens is 463 g/mol. The summed E-state index contributed by atoms with van der Waals surface area (Å²) in [5, 5.41) is 2.01. The minimum atomic E-state index is 0.0930. The van der Waals surface area contributed by atoms with Gasteiger partial charge in [0.2, 0.25) is 0 Å². The van der Waals surface area contributed by atoms with Gasteiger partial charge in [-0.3, -0.25) is 4.79 Å². The lowest BCUT2D eigenvalue weighted by atomic mass is 9.96. The monoisotopic (exact) mass is 498 g/mol. The lowest BCUT2D eigenvalue weighted by Gasteiger charge is -2.25. The number of unbranched alkanes of at least 4 members (excludes halogenated alkanes) is 6. The Morgan fingerprint density at radius 3 is 2.15 bits per heavy atom. The molecule has 0 saturated heterocycles. The van der Waals surface area contributed by atoms with Crippen LogP contribution in [0.2, 0.25) is 10.0 Å². The van der Waals surface area contributed by atoms with E-state index in [-0.39, 0.29) is 5.91 Å². The van der Waals surface area contributed by atoms with Crippen LogP contribution in [0.3, 0.4) is 0 Å². The zero-order valence-electron chi connectivity index (χ0n) is 20.7. The van der Waals surface area contributed by atoms with E-state index in [1.165, 1.54) is 25.7 Å². The van der Waals surface area contributed by atoms with Crippen molar-refractivity contribution in [2.75, 3.05) is 13.1 Å². The first-order valence-electron chi connectivity index (χ1n) is 12.6. The number of benzene rings is 2. The highest BCUT2D eigenvalue weighted by atomic mass is 35.5. The summed E-state index contributed by atoms with van der Waals surface area (Å²) in [6, 6.07) is 13.3. The van der Waals surface area contributed by atoms with Gasteiger partial charge in [0.25, 0.3) is 5.91 Å². The topological polar surface area (TPSA) is 33.2 Å². The van der Waals surface area contributed by atoms with Crippen LogP contribution in [0.25, 0.3) is 22.2 Å². The summed E-state index contributed by atoms with van der Waals surface area (Å²) in [4.78, 5) is 21.0. The number of amides is 1. The molecule has 0 fully saturated rings. The van der Waals surface area contributed by atoms with E-state index < -0.39 is 0 Å². The number of nitrogens with zero attached hydrogens (tertiary/aromatic N) is 2. The smallest absolute Gasteiger partial charge is 0.254 e. The molecule has 3 aromatic rings. The van der Waals surface area contributed by atoms with Crippen LogP contribution in [0.1, 0.15) is 81.1 Å². The summed E-state index contributed by atoms with van der Waals surface area (Å²) in [7, 11) is 0. The highest BCUT2D eigenvalue weighted by Gasteiger charge is 2.24. The molecule has 0 aliphatic carbocycles. The lowest BCUT2D eigenvalue weighted by molar-refractivity contribution is 0.0750. The van der Waals surface area contributed by atoms with Crippen molar-refractivity contribution >= 4 is 40.0 Å². The van der Waals surface area contributed by atoms with E-state index in [1.807, 2.05) is 43.3 Å². The molecule has 1 heterocycles. The van der Waals surface area contributed by atoms with E-state index in [4.69, 9.17) is 28.2 Å². The maximum Gasteiger partial charge on any atom is 0.254 e. The van der Waals surface area contributed by atoms with Crippen LogP contribution in [-0.4, -0.2) is 28.9 Å². The summed E-state index contributed by atoms with van der Waals surface area (Å²) in [6.45, 7) is 7.99. The Morgan fingerprint density at radius 2 is 1.53 bits per heavy atom. The zero-order chi connectivity index (χ0) is 24.5. The Morgan fingerprint density at radius 1 is 0.882 bits per heavy atom. The van der Waals surface area contributed by atoms with Gasteiger partial charge in [0, 0.05) is 29.1 Å². The van der Waals surface area contributed by atoms with Gasteiger partial charge in [-0.25, -0.2) is 4.98 Å². The maximum absolute atomic E-state index is 14.1. The summed E-state index contributed by atoms with van der Waals surface area (Å²) in [6.07, 6.45) is 9.14. The lowest BCUT2D eigenvalue weighted by Crippen LogP contribution is -2.34. The molecule has 0 atom stereocenters. The molecule has 5 heteroatoms. The van der Waals surface area contributed by atoms with Crippen molar-refractivity contribution < 1.29 is 4.79 Å². The van der Waals surface area contributed by atoms with Crippen LogP contribution in [0.5, 0.6) is 0 Å². The Hall–Kier alpha value is -2.10. The first-order valence-corrected chi connectivity index (χ1v) is 13.4. The average Bonchev–Trinajstić information content (AvgIpc) is 2.82. The molecule has 0 aliphatic heterocycles. The number of fused-ring (bicyclic) bond motifs is 1. The second-order valence-electron chi connectivity index (χ2n) is 9.02. The van der Waals surface area contributed by atoms with Crippen LogP contribution >= 0.6 is 23.2 Å². The number of halogens is 2. The molecule has 0 spiro atoms. The Labute approximate surface area is 214 Å². The van der Waals surface area contributed by atoms with Gasteiger partial charge in [0.15, 0.2) is 0 Å². The summed E-state index contributed by atoms with van der Waals surface area (Å²) >= 11 is 12.7. The molecule has 34 heavy (non-hydrogen) atoms. The number of aromatic nitrogens is 1. The number of hydrogen-bond donors (Lipinski definition) is 0. The number of pyridine rings is 1. The molecule has 0 saturated carbocycles. The Balaban J connectivity index is 2.04. The fourth-order valence-corrected chi connectivity index (χ4v) is 4.96. The van der Waals surface area contributed by atoms with E-state index in [1.54, 1.807) is 6.07 Å². The zero-order valence-corrected chi connectivity index (χ0v) is 22.2. The fraction of sp³-hybridized carbons (Fsp3) is 0.448. The van der Waals surface area contributed by atoms with Gasteiger partial charge in [0.05, 0.1) is 21.8 Å². The molecule has 0 bridgehead atoms. The number of carbonyl (C=O) groups excluding carboxylic acids is 1. The Kier molecular flexibility index (Phi) is 10.2. The number of carbonyl (C=O) groups is 1. The highest BCUT2D eigenvalue weighted by molar-refractivity contribution is 6.36. The fourth-order valence-electron chi connectivity index (χ4n) is 4.46. The maximum atomic E-state index is 14.1. The first-order chi connectivity index (χ1) is 16.5. The van der Waals surface area contributed by atoms with Gasteiger partial charge < -0.3 is 4.90 Å². The quantitative estimate of drug-likeness (QED) is 0.233. The van der Waals surface area contributed by atoms with Gasteiger partial charge >= 0.3 is 0 Å². The van der Waals surface area contributed by atoms with Gasteiger partial charge in [-0.05, 0) is 49.6 Å². The largest absolute Gasteiger partial charge is 0.339 e. The van der Waals surface area contributed by atoms with E-state index in [0.717, 1.165) is 72.1 Å². The average molecular weight is 500 g/mol. The summed E-state index contributed by atoms with van der Waals surface area (Å²) < 4.78 is 0. The molecule has 0 aliphatic rings. The predicted octanol–water partition coefficient (Wildman–Crippen LogP) is 9.12.